The lowest BCUT2D eigenvalue weighted by molar-refractivity contribution is -0.143. The Morgan fingerprint density at radius 1 is 1.44 bits per heavy atom. The summed E-state index contributed by atoms with van der Waals surface area (Å²) in [6, 6.07) is -0.954. The van der Waals surface area contributed by atoms with Crippen LogP contribution in [0, 0.1) is 0 Å². The minimum absolute atomic E-state index is 0.0110. The summed E-state index contributed by atoms with van der Waals surface area (Å²) in [5.74, 6) is -0.402. The fourth-order valence-corrected chi connectivity index (χ4v) is 1.95. The second-order valence-electron chi connectivity index (χ2n) is 3.45. The Hall–Kier alpha value is -1.11. The van der Waals surface area contributed by atoms with E-state index in [0.29, 0.717) is 0 Å². The Morgan fingerprint density at radius 2 is 2.00 bits per heavy atom. The van der Waals surface area contributed by atoms with Crippen LogP contribution in [-0.2, 0) is 20.3 Å². The molecular formula is C9H17NO5S. The molecule has 1 amide bonds. The molecule has 0 spiro atoms. The average molecular weight is 251 g/mol. The number of hydrogen-bond acceptors (Lipinski definition) is 4. The van der Waals surface area contributed by atoms with E-state index in [-0.39, 0.29) is 17.4 Å². The molecule has 6 nitrogen and oxygen atoms in total. The van der Waals surface area contributed by atoms with E-state index in [1.807, 2.05) is 5.32 Å². The predicted octanol–water partition coefficient (Wildman–Crippen LogP) is 0.343. The number of ether oxygens (including phenoxy) is 1. The highest BCUT2D eigenvalue weighted by Crippen LogP contribution is 2.02. The molecule has 0 aliphatic rings. The highest BCUT2D eigenvalue weighted by molar-refractivity contribution is 7.85. The zero-order valence-corrected chi connectivity index (χ0v) is 10.4. The summed E-state index contributed by atoms with van der Waals surface area (Å²) < 4.78 is 15.9. The quantitative estimate of drug-likeness (QED) is 0.664. The van der Waals surface area contributed by atoms with Crippen molar-refractivity contribution < 1.29 is 23.6 Å². The lowest BCUT2D eigenvalue weighted by Gasteiger charge is -2.14. The maximum Gasteiger partial charge on any atom is 0.405 e. The Bertz CT molecular complexity index is 279. The molecule has 0 aromatic heterocycles. The lowest BCUT2D eigenvalue weighted by atomic mass is 10.2. The normalized spacial score (nSPS) is 14.2. The number of carbonyl (C=O) groups excluding carboxylic acids is 1. The lowest BCUT2D eigenvalue weighted by Crippen LogP contribution is -2.41. The van der Waals surface area contributed by atoms with Gasteiger partial charge in [0.25, 0.3) is 0 Å². The van der Waals surface area contributed by atoms with Crippen molar-refractivity contribution in [1.29, 1.82) is 0 Å². The van der Waals surface area contributed by atoms with E-state index in [0.717, 1.165) is 0 Å². The van der Waals surface area contributed by atoms with E-state index in [1.54, 1.807) is 13.8 Å². The molecule has 2 N–H and O–H groups in total. The molecule has 0 bridgehead atoms. The fraction of sp³-hybridized carbons (Fsp3) is 0.778. The second kappa shape index (κ2) is 7.21. The molecule has 0 saturated carbocycles. The van der Waals surface area contributed by atoms with Crippen molar-refractivity contribution in [2.45, 2.75) is 31.6 Å². The minimum atomic E-state index is -1.30. The first-order valence-electron chi connectivity index (χ1n) is 4.83. The van der Waals surface area contributed by atoms with E-state index < -0.39 is 28.9 Å². The first-order chi connectivity index (χ1) is 7.38. The van der Waals surface area contributed by atoms with Gasteiger partial charge in [-0.25, -0.2) is 9.59 Å². The molecule has 0 aromatic rings. The van der Waals surface area contributed by atoms with Crippen LogP contribution < -0.4 is 5.32 Å². The number of hydrogen-bond donors (Lipinski definition) is 2. The summed E-state index contributed by atoms with van der Waals surface area (Å²) in [5.41, 5.74) is 0. The van der Waals surface area contributed by atoms with Gasteiger partial charge in [-0.3, -0.25) is 4.21 Å². The molecule has 1 unspecified atom stereocenters. The van der Waals surface area contributed by atoms with E-state index >= 15 is 0 Å². The Balaban J connectivity index is 4.27. The topological polar surface area (TPSA) is 92.7 Å². The van der Waals surface area contributed by atoms with Crippen LogP contribution in [0.3, 0.4) is 0 Å². The van der Waals surface area contributed by atoms with Gasteiger partial charge in [0, 0.05) is 21.8 Å². The molecule has 0 heterocycles. The number of methoxy groups -OCH3 is 1. The van der Waals surface area contributed by atoms with E-state index in [4.69, 9.17) is 5.11 Å². The van der Waals surface area contributed by atoms with Crippen molar-refractivity contribution in [2.75, 3.05) is 12.9 Å². The van der Waals surface area contributed by atoms with Gasteiger partial charge in [0.05, 0.1) is 7.11 Å². The third-order valence-corrected chi connectivity index (χ3v) is 3.61. The Kier molecular flexibility index (Phi) is 6.71. The largest absolute Gasteiger partial charge is 0.467 e. The maximum absolute atomic E-state index is 11.4. The molecule has 16 heavy (non-hydrogen) atoms. The number of nitrogens with one attached hydrogen (secondary N) is 1. The third-order valence-electron chi connectivity index (χ3n) is 1.92. The third kappa shape index (κ3) is 5.69. The van der Waals surface area contributed by atoms with Gasteiger partial charge in [-0.1, -0.05) is 13.8 Å². The summed E-state index contributed by atoms with van der Waals surface area (Å²) in [5, 5.41) is 10.5. The van der Waals surface area contributed by atoms with Crippen LogP contribution >= 0.6 is 0 Å². The summed E-state index contributed by atoms with van der Waals surface area (Å²) in [6.07, 6.45) is -1.13. The molecule has 7 heteroatoms. The Labute approximate surface area is 96.8 Å². The van der Waals surface area contributed by atoms with Crippen LogP contribution in [0.15, 0.2) is 0 Å². The molecule has 0 fully saturated rings. The van der Waals surface area contributed by atoms with Gasteiger partial charge in [-0.15, -0.1) is 0 Å². The zero-order chi connectivity index (χ0) is 12.7. The summed E-state index contributed by atoms with van der Waals surface area (Å²) in [6.45, 7) is 3.60. The van der Waals surface area contributed by atoms with Gasteiger partial charge >= 0.3 is 12.1 Å². The van der Waals surface area contributed by atoms with Crippen LogP contribution in [0.1, 0.15) is 20.3 Å². The SMILES string of the molecule is COC(=O)[C@H](CCS(=O)C(C)C)NC(=O)O. The summed E-state index contributed by atoms with van der Waals surface area (Å²) in [7, 11) is 0.112. The smallest absolute Gasteiger partial charge is 0.405 e. The fourth-order valence-electron chi connectivity index (χ4n) is 1.01. The molecule has 94 valence electrons. The molecule has 0 aliphatic heterocycles. The first kappa shape index (κ1) is 14.9. The molecule has 0 aromatic carbocycles. The van der Waals surface area contributed by atoms with Crippen LogP contribution in [0.4, 0.5) is 4.79 Å². The maximum atomic E-state index is 11.4. The van der Waals surface area contributed by atoms with Gasteiger partial charge < -0.3 is 15.2 Å². The number of carbonyl (C=O) groups is 2. The van der Waals surface area contributed by atoms with Gasteiger partial charge in [0.15, 0.2) is 0 Å². The first-order valence-corrected chi connectivity index (χ1v) is 6.21. The molecule has 0 aliphatic carbocycles. The molecule has 2 atom stereocenters. The number of esters is 1. The van der Waals surface area contributed by atoms with Crippen molar-refractivity contribution >= 4 is 22.9 Å². The van der Waals surface area contributed by atoms with Crippen molar-refractivity contribution in [3.8, 4) is 0 Å². The minimum Gasteiger partial charge on any atom is -0.467 e. The van der Waals surface area contributed by atoms with Gasteiger partial charge in [-0.2, -0.15) is 0 Å². The average Bonchev–Trinajstić information content (AvgIpc) is 2.21. The van der Waals surface area contributed by atoms with Crippen LogP contribution in [0.5, 0.6) is 0 Å². The molecular weight excluding hydrogens is 234 g/mol. The van der Waals surface area contributed by atoms with Crippen molar-refractivity contribution in [1.82, 2.24) is 5.32 Å². The Morgan fingerprint density at radius 3 is 2.38 bits per heavy atom. The number of rotatable bonds is 6. The standard InChI is InChI=1S/C9H17NO5S/c1-6(2)16(14)5-4-7(8(11)15-3)10-9(12)13/h6-7,10H,4-5H2,1-3H3,(H,12,13)/t7-,16?/m0/s1. The highest BCUT2D eigenvalue weighted by atomic mass is 32.2. The molecule has 0 rings (SSSR count). The highest BCUT2D eigenvalue weighted by Gasteiger charge is 2.22. The van der Waals surface area contributed by atoms with Crippen LogP contribution in [0.25, 0.3) is 0 Å². The van der Waals surface area contributed by atoms with Gasteiger partial charge in [0.1, 0.15) is 6.04 Å². The summed E-state index contributed by atoms with van der Waals surface area (Å²) >= 11 is 0. The van der Waals surface area contributed by atoms with E-state index in [2.05, 4.69) is 4.74 Å². The number of amides is 1. The van der Waals surface area contributed by atoms with Crippen molar-refractivity contribution in [3.05, 3.63) is 0 Å². The molecule has 0 saturated heterocycles. The van der Waals surface area contributed by atoms with Crippen LogP contribution in [0.2, 0.25) is 0 Å². The van der Waals surface area contributed by atoms with Crippen molar-refractivity contribution in [3.63, 3.8) is 0 Å². The zero-order valence-electron chi connectivity index (χ0n) is 9.56. The monoisotopic (exact) mass is 251 g/mol. The summed E-state index contributed by atoms with van der Waals surface area (Å²) in [4.78, 5) is 21.6. The molecule has 0 radical (unpaired) electrons. The van der Waals surface area contributed by atoms with Gasteiger partial charge in [0.2, 0.25) is 0 Å². The van der Waals surface area contributed by atoms with E-state index in [1.165, 1.54) is 7.11 Å². The van der Waals surface area contributed by atoms with Gasteiger partial charge in [-0.05, 0) is 6.42 Å². The van der Waals surface area contributed by atoms with Crippen molar-refractivity contribution in [2.24, 2.45) is 0 Å². The van der Waals surface area contributed by atoms with E-state index in [9.17, 15) is 13.8 Å². The van der Waals surface area contributed by atoms with Crippen LogP contribution in [-0.4, -0.2) is 45.5 Å². The number of carboxylic acid groups (broad SMARTS) is 1. The second-order valence-corrected chi connectivity index (χ2v) is 5.56. The predicted molar refractivity (Wildman–Crippen MR) is 59.7 cm³/mol.